The number of anilines is 2. The number of likely N-dealkylation sites (N-methyl/N-ethyl adjacent to an activating group) is 1. The van der Waals surface area contributed by atoms with Gasteiger partial charge in [-0.05, 0) is 7.05 Å². The van der Waals surface area contributed by atoms with E-state index in [2.05, 4.69) is 26.8 Å². The molecule has 76 valence electrons. The van der Waals surface area contributed by atoms with Crippen LogP contribution in [0.4, 0.5) is 11.6 Å². The highest BCUT2D eigenvalue weighted by Gasteiger charge is 2.14. The summed E-state index contributed by atoms with van der Waals surface area (Å²) in [5, 5.41) is 0. The Bertz CT molecular complexity index is 289. The van der Waals surface area contributed by atoms with Crippen LogP contribution in [-0.4, -0.2) is 48.1 Å². The third-order valence-electron chi connectivity index (χ3n) is 2.53. The van der Waals surface area contributed by atoms with Crippen LogP contribution in [0, 0.1) is 0 Å². The van der Waals surface area contributed by atoms with Gasteiger partial charge in [0.25, 0.3) is 0 Å². The molecular formula is C9H15N5. The van der Waals surface area contributed by atoms with Gasteiger partial charge in [-0.25, -0.2) is 9.97 Å². The van der Waals surface area contributed by atoms with Gasteiger partial charge in [-0.1, -0.05) is 0 Å². The number of piperazine rings is 1. The first kappa shape index (κ1) is 9.21. The van der Waals surface area contributed by atoms with Gasteiger partial charge >= 0.3 is 0 Å². The van der Waals surface area contributed by atoms with Crippen LogP contribution in [0.5, 0.6) is 0 Å². The van der Waals surface area contributed by atoms with Gasteiger partial charge in [0.2, 0.25) is 5.95 Å². The van der Waals surface area contributed by atoms with E-state index in [1.54, 1.807) is 12.4 Å². The van der Waals surface area contributed by atoms with E-state index in [1.165, 1.54) is 0 Å². The molecule has 1 saturated heterocycles. The molecule has 1 aliphatic rings. The summed E-state index contributed by atoms with van der Waals surface area (Å²) in [6.45, 7) is 4.24. The van der Waals surface area contributed by atoms with Crippen LogP contribution in [0.1, 0.15) is 0 Å². The monoisotopic (exact) mass is 193 g/mol. The van der Waals surface area contributed by atoms with Gasteiger partial charge in [0.1, 0.15) is 0 Å². The molecule has 0 bridgehead atoms. The van der Waals surface area contributed by atoms with Gasteiger partial charge in [0.15, 0.2) is 0 Å². The largest absolute Gasteiger partial charge is 0.368 e. The van der Waals surface area contributed by atoms with Crippen LogP contribution in [0.2, 0.25) is 0 Å². The van der Waals surface area contributed by atoms with E-state index >= 15 is 0 Å². The quantitative estimate of drug-likeness (QED) is 0.670. The molecule has 5 nitrogen and oxygen atoms in total. The first-order chi connectivity index (χ1) is 6.75. The minimum atomic E-state index is 0.336. The normalized spacial score (nSPS) is 18.5. The number of hydrogen-bond acceptors (Lipinski definition) is 5. The number of nitrogen functional groups attached to an aromatic ring is 1. The number of aromatic nitrogens is 2. The second-order valence-corrected chi connectivity index (χ2v) is 3.59. The zero-order valence-corrected chi connectivity index (χ0v) is 8.35. The molecule has 1 aromatic rings. The average Bonchev–Trinajstić information content (AvgIpc) is 2.21. The first-order valence-corrected chi connectivity index (χ1v) is 4.77. The van der Waals surface area contributed by atoms with E-state index in [0.29, 0.717) is 5.95 Å². The lowest BCUT2D eigenvalue weighted by Crippen LogP contribution is -2.44. The Kier molecular flexibility index (Phi) is 2.49. The fourth-order valence-corrected chi connectivity index (χ4v) is 1.56. The molecule has 5 heteroatoms. The molecule has 0 unspecified atom stereocenters. The standard InChI is InChI=1S/C9H15N5/c1-13-2-4-14(5-3-13)8-6-11-9(10)12-7-8/h6-7H,2-5H2,1H3,(H2,10,11,12). The maximum Gasteiger partial charge on any atom is 0.220 e. The molecular weight excluding hydrogens is 178 g/mol. The fourth-order valence-electron chi connectivity index (χ4n) is 1.56. The Morgan fingerprint density at radius 3 is 2.29 bits per heavy atom. The van der Waals surface area contributed by atoms with Crippen LogP contribution in [0.15, 0.2) is 12.4 Å². The highest BCUT2D eigenvalue weighted by Crippen LogP contribution is 2.13. The number of nitrogens with two attached hydrogens (primary N) is 1. The second kappa shape index (κ2) is 3.79. The van der Waals surface area contributed by atoms with Crippen molar-refractivity contribution in [3.63, 3.8) is 0 Å². The molecule has 1 aromatic heterocycles. The SMILES string of the molecule is CN1CCN(c2cnc(N)nc2)CC1. The number of nitrogens with zero attached hydrogens (tertiary/aromatic N) is 4. The van der Waals surface area contributed by atoms with Crippen molar-refractivity contribution < 1.29 is 0 Å². The van der Waals surface area contributed by atoms with Crippen molar-refractivity contribution >= 4 is 11.6 Å². The minimum absolute atomic E-state index is 0.336. The summed E-state index contributed by atoms with van der Waals surface area (Å²) >= 11 is 0. The van der Waals surface area contributed by atoms with Gasteiger partial charge in [0, 0.05) is 26.2 Å². The summed E-state index contributed by atoms with van der Waals surface area (Å²) < 4.78 is 0. The lowest BCUT2D eigenvalue weighted by molar-refractivity contribution is 0.312. The van der Waals surface area contributed by atoms with Crippen molar-refractivity contribution in [2.45, 2.75) is 0 Å². The van der Waals surface area contributed by atoms with Gasteiger partial charge in [-0.2, -0.15) is 0 Å². The van der Waals surface area contributed by atoms with Crippen molar-refractivity contribution in [3.05, 3.63) is 12.4 Å². The van der Waals surface area contributed by atoms with Crippen molar-refractivity contribution in [2.75, 3.05) is 43.9 Å². The van der Waals surface area contributed by atoms with Crippen LogP contribution >= 0.6 is 0 Å². The predicted molar refractivity (Wildman–Crippen MR) is 56.2 cm³/mol. The summed E-state index contributed by atoms with van der Waals surface area (Å²) in [5.41, 5.74) is 6.49. The summed E-state index contributed by atoms with van der Waals surface area (Å²) in [5.74, 6) is 0.336. The highest BCUT2D eigenvalue weighted by molar-refractivity contribution is 5.44. The number of hydrogen-bond donors (Lipinski definition) is 1. The van der Waals surface area contributed by atoms with Crippen molar-refractivity contribution in [2.24, 2.45) is 0 Å². The molecule has 0 radical (unpaired) electrons. The fraction of sp³-hybridized carbons (Fsp3) is 0.556. The summed E-state index contributed by atoms with van der Waals surface area (Å²) in [6, 6.07) is 0. The van der Waals surface area contributed by atoms with E-state index in [0.717, 1.165) is 31.9 Å². The van der Waals surface area contributed by atoms with E-state index in [4.69, 9.17) is 5.73 Å². The zero-order chi connectivity index (χ0) is 9.97. The molecule has 2 N–H and O–H groups in total. The van der Waals surface area contributed by atoms with E-state index in [1.807, 2.05) is 0 Å². The minimum Gasteiger partial charge on any atom is -0.368 e. The molecule has 0 aromatic carbocycles. The van der Waals surface area contributed by atoms with E-state index in [9.17, 15) is 0 Å². The summed E-state index contributed by atoms with van der Waals surface area (Å²) in [7, 11) is 2.14. The van der Waals surface area contributed by atoms with Gasteiger partial charge in [0.05, 0.1) is 18.1 Å². The molecule has 0 aliphatic carbocycles. The lowest BCUT2D eigenvalue weighted by atomic mass is 10.3. The van der Waals surface area contributed by atoms with Crippen LogP contribution in [0.25, 0.3) is 0 Å². The Morgan fingerprint density at radius 1 is 1.14 bits per heavy atom. The Hall–Kier alpha value is -1.36. The lowest BCUT2D eigenvalue weighted by Gasteiger charge is -2.33. The average molecular weight is 193 g/mol. The van der Waals surface area contributed by atoms with Gasteiger partial charge in [-0.3, -0.25) is 0 Å². The smallest absolute Gasteiger partial charge is 0.220 e. The molecule has 0 amide bonds. The molecule has 14 heavy (non-hydrogen) atoms. The molecule has 0 spiro atoms. The van der Waals surface area contributed by atoms with Crippen molar-refractivity contribution in [3.8, 4) is 0 Å². The second-order valence-electron chi connectivity index (χ2n) is 3.59. The van der Waals surface area contributed by atoms with Crippen LogP contribution in [-0.2, 0) is 0 Å². The molecule has 1 fully saturated rings. The topological polar surface area (TPSA) is 58.3 Å². The molecule has 0 atom stereocenters. The highest BCUT2D eigenvalue weighted by atomic mass is 15.3. The third-order valence-corrected chi connectivity index (χ3v) is 2.53. The molecule has 1 aliphatic heterocycles. The van der Waals surface area contributed by atoms with Gasteiger partial charge in [-0.15, -0.1) is 0 Å². The summed E-state index contributed by atoms with van der Waals surface area (Å²) in [4.78, 5) is 12.6. The Balaban J connectivity index is 2.05. The first-order valence-electron chi connectivity index (χ1n) is 4.77. The number of rotatable bonds is 1. The molecule has 2 heterocycles. The van der Waals surface area contributed by atoms with Crippen molar-refractivity contribution in [1.82, 2.24) is 14.9 Å². The third kappa shape index (κ3) is 1.93. The zero-order valence-electron chi connectivity index (χ0n) is 8.35. The Morgan fingerprint density at radius 2 is 1.71 bits per heavy atom. The van der Waals surface area contributed by atoms with E-state index in [-0.39, 0.29) is 0 Å². The van der Waals surface area contributed by atoms with Crippen LogP contribution < -0.4 is 10.6 Å². The van der Waals surface area contributed by atoms with Gasteiger partial charge < -0.3 is 15.5 Å². The maximum atomic E-state index is 5.43. The molecule has 0 saturated carbocycles. The summed E-state index contributed by atoms with van der Waals surface area (Å²) in [6.07, 6.45) is 3.57. The van der Waals surface area contributed by atoms with Crippen LogP contribution in [0.3, 0.4) is 0 Å². The Labute approximate surface area is 83.5 Å². The molecule has 2 rings (SSSR count). The van der Waals surface area contributed by atoms with Crippen molar-refractivity contribution in [1.29, 1.82) is 0 Å². The predicted octanol–water partition coefficient (Wildman–Crippen LogP) is -0.189. The maximum absolute atomic E-state index is 5.43. The van der Waals surface area contributed by atoms with E-state index < -0.39 is 0 Å².